The van der Waals surface area contributed by atoms with Gasteiger partial charge in [-0.2, -0.15) is 0 Å². The van der Waals surface area contributed by atoms with Crippen LogP contribution in [0.3, 0.4) is 0 Å². The van der Waals surface area contributed by atoms with E-state index in [1.165, 1.54) is 18.4 Å². The number of hydrogen-bond acceptors (Lipinski definition) is 2. The lowest BCUT2D eigenvalue weighted by atomic mass is 10.1. The van der Waals surface area contributed by atoms with Crippen LogP contribution in [0.2, 0.25) is 5.02 Å². The second-order valence-electron chi connectivity index (χ2n) is 7.08. The fourth-order valence-corrected chi connectivity index (χ4v) is 3.41. The van der Waals surface area contributed by atoms with Crippen LogP contribution < -0.4 is 5.32 Å². The number of rotatable bonds is 6. The summed E-state index contributed by atoms with van der Waals surface area (Å²) in [5.41, 5.74) is 5.34. The Balaban J connectivity index is 1.46. The Hall–Kier alpha value is -3.11. The molecule has 0 aliphatic carbocycles. The van der Waals surface area contributed by atoms with Crippen molar-refractivity contribution in [3.8, 4) is 11.4 Å². The van der Waals surface area contributed by atoms with Crippen LogP contribution in [-0.4, -0.2) is 15.9 Å². The van der Waals surface area contributed by atoms with Crippen LogP contribution in [-0.2, 0) is 6.42 Å². The Morgan fingerprint density at radius 2 is 1.79 bits per heavy atom. The largest absolute Gasteiger partial charge is 0.338 e. The van der Waals surface area contributed by atoms with Gasteiger partial charge in [-0.25, -0.2) is 4.98 Å². The second kappa shape index (κ2) is 8.50. The lowest BCUT2D eigenvalue weighted by Gasteiger charge is -2.07. The third kappa shape index (κ3) is 4.49. The van der Waals surface area contributed by atoms with Crippen molar-refractivity contribution < 1.29 is 4.79 Å². The maximum Gasteiger partial charge on any atom is 0.255 e. The fraction of sp³-hybridized carbons (Fsp3) is 0.167. The highest BCUT2D eigenvalue weighted by atomic mass is 35.5. The van der Waals surface area contributed by atoms with Crippen molar-refractivity contribution in [3.05, 3.63) is 82.9 Å². The van der Waals surface area contributed by atoms with Crippen molar-refractivity contribution in [2.45, 2.75) is 26.2 Å². The van der Waals surface area contributed by atoms with Crippen molar-refractivity contribution in [1.29, 1.82) is 0 Å². The van der Waals surface area contributed by atoms with Gasteiger partial charge in [0.2, 0.25) is 0 Å². The molecule has 4 rings (SSSR count). The van der Waals surface area contributed by atoms with Gasteiger partial charge in [-0.05, 0) is 60.9 Å². The summed E-state index contributed by atoms with van der Waals surface area (Å²) in [6.45, 7) is 2.18. The molecule has 0 saturated heterocycles. The van der Waals surface area contributed by atoms with Crippen molar-refractivity contribution in [1.82, 2.24) is 9.97 Å². The lowest BCUT2D eigenvalue weighted by Crippen LogP contribution is -2.11. The van der Waals surface area contributed by atoms with Crippen molar-refractivity contribution in [2.24, 2.45) is 0 Å². The zero-order valence-corrected chi connectivity index (χ0v) is 17.0. The molecule has 0 aliphatic heterocycles. The van der Waals surface area contributed by atoms with Crippen LogP contribution in [0.15, 0.2) is 66.7 Å². The molecule has 5 heteroatoms. The number of carbonyl (C=O) groups is 1. The number of halogens is 1. The van der Waals surface area contributed by atoms with E-state index in [4.69, 9.17) is 11.6 Å². The first-order chi connectivity index (χ1) is 14.1. The molecule has 1 aromatic heterocycles. The molecule has 4 nitrogen and oxygen atoms in total. The number of unbranched alkanes of at least 4 members (excludes halogenated alkanes) is 1. The number of aryl methyl sites for hydroxylation is 1. The van der Waals surface area contributed by atoms with Gasteiger partial charge in [-0.3, -0.25) is 4.79 Å². The Kier molecular flexibility index (Phi) is 5.63. The number of nitrogens with zero attached hydrogens (tertiary/aromatic N) is 1. The smallest absolute Gasteiger partial charge is 0.255 e. The number of carbonyl (C=O) groups excluding carboxylic acids is 1. The van der Waals surface area contributed by atoms with Crippen LogP contribution in [0.5, 0.6) is 0 Å². The van der Waals surface area contributed by atoms with Gasteiger partial charge in [0, 0.05) is 21.8 Å². The number of H-pyrrole nitrogens is 1. The number of aromatic nitrogens is 2. The molecule has 29 heavy (non-hydrogen) atoms. The molecule has 0 spiro atoms. The Morgan fingerprint density at radius 3 is 2.52 bits per heavy atom. The molecular formula is C24H22ClN3O. The monoisotopic (exact) mass is 403 g/mol. The van der Waals surface area contributed by atoms with E-state index in [1.54, 1.807) is 12.1 Å². The first-order valence-electron chi connectivity index (χ1n) is 9.78. The topological polar surface area (TPSA) is 57.8 Å². The zero-order valence-electron chi connectivity index (χ0n) is 16.2. The number of imidazole rings is 1. The van der Waals surface area contributed by atoms with Gasteiger partial charge in [0.1, 0.15) is 5.82 Å². The van der Waals surface area contributed by atoms with Gasteiger partial charge in [0.05, 0.1) is 11.0 Å². The van der Waals surface area contributed by atoms with E-state index in [2.05, 4.69) is 34.3 Å². The molecule has 0 radical (unpaired) electrons. The Bertz CT molecular complexity index is 1130. The van der Waals surface area contributed by atoms with Gasteiger partial charge in [0.25, 0.3) is 5.91 Å². The van der Waals surface area contributed by atoms with Crippen LogP contribution in [0.25, 0.3) is 22.4 Å². The molecule has 2 N–H and O–H groups in total. The third-order valence-corrected chi connectivity index (χ3v) is 5.13. The minimum atomic E-state index is -0.130. The number of aromatic amines is 1. The van der Waals surface area contributed by atoms with E-state index < -0.39 is 0 Å². The molecular weight excluding hydrogens is 382 g/mol. The maximum atomic E-state index is 12.5. The van der Waals surface area contributed by atoms with E-state index in [1.807, 2.05) is 42.5 Å². The number of benzene rings is 3. The number of nitrogens with one attached hydrogen (secondary N) is 2. The maximum absolute atomic E-state index is 12.5. The normalized spacial score (nSPS) is 11.0. The first-order valence-corrected chi connectivity index (χ1v) is 10.2. The third-order valence-electron chi connectivity index (χ3n) is 4.90. The number of hydrogen-bond donors (Lipinski definition) is 2. The molecule has 1 amide bonds. The molecule has 4 aromatic rings. The van der Waals surface area contributed by atoms with E-state index in [-0.39, 0.29) is 5.91 Å². The highest BCUT2D eigenvalue weighted by molar-refractivity contribution is 6.31. The van der Waals surface area contributed by atoms with Gasteiger partial charge < -0.3 is 10.3 Å². The molecule has 0 bridgehead atoms. The fourth-order valence-electron chi connectivity index (χ4n) is 3.24. The summed E-state index contributed by atoms with van der Waals surface area (Å²) in [5.74, 6) is 0.617. The Morgan fingerprint density at radius 1 is 1.03 bits per heavy atom. The summed E-state index contributed by atoms with van der Waals surface area (Å²) < 4.78 is 0. The molecule has 0 unspecified atom stereocenters. The lowest BCUT2D eigenvalue weighted by molar-refractivity contribution is 0.102. The van der Waals surface area contributed by atoms with E-state index in [9.17, 15) is 4.79 Å². The molecule has 0 aliphatic rings. The number of amides is 1. The molecule has 3 aromatic carbocycles. The summed E-state index contributed by atoms with van der Waals surface area (Å²) >= 11 is 6.03. The van der Waals surface area contributed by atoms with Crippen LogP contribution >= 0.6 is 11.6 Å². The summed E-state index contributed by atoms with van der Waals surface area (Å²) in [5, 5.41) is 3.62. The van der Waals surface area contributed by atoms with Gasteiger partial charge in [-0.1, -0.05) is 49.2 Å². The predicted octanol–water partition coefficient (Wildman–Crippen LogP) is 6.48. The average molecular weight is 404 g/mol. The Labute approximate surface area is 174 Å². The summed E-state index contributed by atoms with van der Waals surface area (Å²) in [4.78, 5) is 20.4. The van der Waals surface area contributed by atoms with E-state index in [0.29, 0.717) is 10.6 Å². The van der Waals surface area contributed by atoms with Crippen molar-refractivity contribution >= 4 is 34.2 Å². The molecule has 0 saturated carbocycles. The highest BCUT2D eigenvalue weighted by Gasteiger charge is 2.09. The van der Waals surface area contributed by atoms with Gasteiger partial charge in [0.15, 0.2) is 0 Å². The minimum Gasteiger partial charge on any atom is -0.338 e. The average Bonchev–Trinajstić information content (AvgIpc) is 3.16. The minimum absolute atomic E-state index is 0.130. The molecule has 0 atom stereocenters. The molecule has 1 heterocycles. The van der Waals surface area contributed by atoms with E-state index >= 15 is 0 Å². The number of fused-ring (bicyclic) bond motifs is 1. The molecule has 0 fully saturated rings. The highest BCUT2D eigenvalue weighted by Crippen LogP contribution is 2.23. The SMILES string of the molecule is CCCCc1ccc(NC(=O)c2ccc(-c3nc4ccc(Cl)cc4[nH]3)cc2)cc1. The predicted molar refractivity (Wildman–Crippen MR) is 120 cm³/mol. The summed E-state index contributed by atoms with van der Waals surface area (Å²) in [6, 6.07) is 21.0. The number of anilines is 1. The molecule has 146 valence electrons. The van der Waals surface area contributed by atoms with Crippen LogP contribution in [0.1, 0.15) is 35.7 Å². The van der Waals surface area contributed by atoms with Crippen molar-refractivity contribution in [2.75, 3.05) is 5.32 Å². The van der Waals surface area contributed by atoms with Gasteiger partial charge in [-0.15, -0.1) is 0 Å². The van der Waals surface area contributed by atoms with Crippen LogP contribution in [0, 0.1) is 0 Å². The first kappa shape index (κ1) is 19.2. The van der Waals surface area contributed by atoms with E-state index in [0.717, 1.165) is 34.5 Å². The standard InChI is InChI=1S/C24H22ClN3O/c1-2-3-4-16-5-12-20(13-6-16)26-24(29)18-9-7-17(8-10-18)23-27-21-14-11-19(25)15-22(21)28-23/h5-15H,2-4H2,1H3,(H,26,29)(H,27,28). The quantitative estimate of drug-likeness (QED) is 0.387. The summed E-state index contributed by atoms with van der Waals surface area (Å²) in [7, 11) is 0. The van der Waals surface area contributed by atoms with Crippen molar-refractivity contribution in [3.63, 3.8) is 0 Å². The van der Waals surface area contributed by atoms with Crippen LogP contribution in [0.4, 0.5) is 5.69 Å². The second-order valence-corrected chi connectivity index (χ2v) is 7.52. The summed E-state index contributed by atoms with van der Waals surface area (Å²) in [6.07, 6.45) is 3.42. The van der Waals surface area contributed by atoms with Gasteiger partial charge >= 0.3 is 0 Å². The zero-order chi connectivity index (χ0) is 20.2.